The monoisotopic (exact) mass is 435 g/mol. The second kappa shape index (κ2) is 8.70. The van der Waals surface area contributed by atoms with Gasteiger partial charge in [0.2, 0.25) is 11.7 Å². The maximum Gasteiger partial charge on any atom is 0.304 e. The summed E-state index contributed by atoms with van der Waals surface area (Å²) in [5.41, 5.74) is 9.13. The zero-order valence-electron chi connectivity index (χ0n) is 18.0. The fourth-order valence-corrected chi connectivity index (χ4v) is 3.89. The van der Waals surface area contributed by atoms with E-state index in [-0.39, 0.29) is 30.0 Å². The van der Waals surface area contributed by atoms with Gasteiger partial charge < -0.3 is 24.7 Å². The number of rotatable bonds is 7. The molecular weight excluding hydrogens is 410 g/mol. The van der Waals surface area contributed by atoms with E-state index in [1.807, 2.05) is 32.0 Å². The van der Waals surface area contributed by atoms with Crippen LogP contribution >= 0.6 is 0 Å². The average molecular weight is 435 g/mol. The number of carboxylic acids is 1. The van der Waals surface area contributed by atoms with E-state index in [0.29, 0.717) is 11.7 Å². The first kappa shape index (κ1) is 21.4. The highest BCUT2D eigenvalue weighted by molar-refractivity contribution is 5.88. The van der Waals surface area contributed by atoms with Crippen molar-refractivity contribution < 1.29 is 19.2 Å². The van der Waals surface area contributed by atoms with Crippen LogP contribution in [0.3, 0.4) is 0 Å². The summed E-state index contributed by atoms with van der Waals surface area (Å²) in [5.74, 6) is 0.150. The van der Waals surface area contributed by atoms with Crippen LogP contribution in [0.15, 0.2) is 52.6 Å². The Kier molecular flexibility index (Phi) is 5.81. The molecule has 0 spiro atoms. The highest BCUT2D eigenvalue weighted by Gasteiger charge is 2.27. The van der Waals surface area contributed by atoms with Gasteiger partial charge in [0, 0.05) is 34.6 Å². The number of aromatic nitrogens is 3. The van der Waals surface area contributed by atoms with Crippen LogP contribution in [0.1, 0.15) is 44.2 Å². The number of carbonyl (C=O) groups is 1. The molecule has 0 amide bonds. The van der Waals surface area contributed by atoms with E-state index >= 15 is 0 Å². The third kappa shape index (κ3) is 4.27. The summed E-state index contributed by atoms with van der Waals surface area (Å²) in [7, 11) is 0. The number of nitrogens with two attached hydrogens (primary N) is 1. The first-order valence-corrected chi connectivity index (χ1v) is 10.4. The first-order chi connectivity index (χ1) is 15.4. The number of aliphatic imine (C=N–C) groups is 1. The Morgan fingerprint density at radius 3 is 3.00 bits per heavy atom. The Hall–Kier alpha value is -3.88. The number of aryl methyl sites for hydroxylation is 1. The van der Waals surface area contributed by atoms with Gasteiger partial charge in [-0.25, -0.2) is 4.99 Å². The zero-order chi connectivity index (χ0) is 22.8. The molecule has 0 aliphatic carbocycles. The van der Waals surface area contributed by atoms with Crippen molar-refractivity contribution in [1.29, 1.82) is 0 Å². The maximum atomic E-state index is 11.2. The van der Waals surface area contributed by atoms with E-state index in [9.17, 15) is 4.79 Å². The lowest BCUT2D eigenvalue weighted by Gasteiger charge is -2.07. The van der Waals surface area contributed by atoms with E-state index in [1.54, 1.807) is 0 Å². The molecule has 3 heterocycles. The van der Waals surface area contributed by atoms with E-state index in [0.717, 1.165) is 35.1 Å². The Balaban J connectivity index is 1.58. The van der Waals surface area contributed by atoms with E-state index in [1.165, 1.54) is 12.3 Å². The van der Waals surface area contributed by atoms with Gasteiger partial charge in [-0.2, -0.15) is 4.98 Å². The Bertz CT molecular complexity index is 1230. The molecule has 9 nitrogen and oxygen atoms in total. The van der Waals surface area contributed by atoms with Crippen LogP contribution in [0, 0.1) is 0 Å². The van der Waals surface area contributed by atoms with Crippen LogP contribution in [0.5, 0.6) is 0 Å². The molecule has 1 atom stereocenters. The van der Waals surface area contributed by atoms with Gasteiger partial charge in [-0.05, 0) is 50.6 Å². The largest absolute Gasteiger partial charge is 0.481 e. The van der Waals surface area contributed by atoms with E-state index in [2.05, 4.69) is 32.3 Å². The molecule has 1 unspecified atom stereocenters. The number of hydrogen-bond donors (Lipinski definition) is 2. The Labute approximate surface area is 184 Å². The second-order valence-electron chi connectivity index (χ2n) is 7.92. The molecule has 166 valence electrons. The van der Waals surface area contributed by atoms with Crippen LogP contribution in [-0.2, 0) is 16.1 Å². The number of nitrogens with zero attached hydrogens (tertiary/aromatic N) is 4. The van der Waals surface area contributed by atoms with Crippen molar-refractivity contribution in [2.45, 2.75) is 45.3 Å². The number of aliphatic carboxylic acids is 1. The van der Waals surface area contributed by atoms with Crippen molar-refractivity contribution in [3.63, 3.8) is 0 Å². The summed E-state index contributed by atoms with van der Waals surface area (Å²) in [6.07, 6.45) is 3.83. The predicted octanol–water partition coefficient (Wildman–Crippen LogP) is 3.92. The summed E-state index contributed by atoms with van der Waals surface area (Å²) in [5, 5.41) is 14.2. The van der Waals surface area contributed by atoms with Gasteiger partial charge in [-0.15, -0.1) is 0 Å². The fraction of sp³-hybridized carbons (Fsp3) is 0.304. The Morgan fingerprint density at radius 1 is 1.47 bits per heavy atom. The normalized spacial score (nSPS) is 16.5. The molecule has 9 heteroatoms. The standard InChI is InChI=1S/C23H25N5O4/c1-4-20(31-13(2)3)25-12-17(24)23-26-22(27-32-23)15-5-6-18-16(9-15)10-19-14(11-21(29)30)7-8-28(18)19/h4-6,9-10,12-14H,1,7-8,11,24H2,2-3H3,(H,29,30)/b17-12-,25-20?. The molecule has 0 saturated carbocycles. The summed E-state index contributed by atoms with van der Waals surface area (Å²) in [6.45, 7) is 8.26. The highest BCUT2D eigenvalue weighted by atomic mass is 16.5. The predicted molar refractivity (Wildman–Crippen MR) is 121 cm³/mol. The van der Waals surface area contributed by atoms with Crippen molar-refractivity contribution in [3.05, 3.63) is 54.7 Å². The maximum absolute atomic E-state index is 11.2. The van der Waals surface area contributed by atoms with Crippen molar-refractivity contribution in [2.75, 3.05) is 0 Å². The van der Waals surface area contributed by atoms with Gasteiger partial charge in [-0.3, -0.25) is 4.79 Å². The lowest BCUT2D eigenvalue weighted by Crippen LogP contribution is -2.08. The molecule has 1 aromatic carbocycles. The topological polar surface area (TPSA) is 129 Å². The SMILES string of the molecule is C=CC(=N/C=C(\N)c1nc(-c2ccc3c(c2)cc2n3CCC2CC(=O)O)no1)OC(C)C. The van der Waals surface area contributed by atoms with Crippen LogP contribution in [0.2, 0.25) is 0 Å². The molecule has 1 aliphatic rings. The van der Waals surface area contributed by atoms with E-state index in [4.69, 9.17) is 20.1 Å². The lowest BCUT2D eigenvalue weighted by molar-refractivity contribution is -0.137. The molecular formula is C23H25N5O4. The molecule has 0 saturated heterocycles. The quantitative estimate of drug-likeness (QED) is 0.425. The molecule has 1 aliphatic heterocycles. The fourth-order valence-electron chi connectivity index (χ4n) is 3.89. The zero-order valence-corrected chi connectivity index (χ0v) is 18.0. The minimum absolute atomic E-state index is 0.0331. The number of carboxylic acid groups (broad SMARTS) is 1. The van der Waals surface area contributed by atoms with Crippen LogP contribution in [0.25, 0.3) is 28.0 Å². The molecule has 32 heavy (non-hydrogen) atoms. The lowest BCUT2D eigenvalue weighted by atomic mass is 10.0. The van der Waals surface area contributed by atoms with Crippen LogP contribution in [0.4, 0.5) is 0 Å². The van der Waals surface area contributed by atoms with Gasteiger partial charge in [0.25, 0.3) is 5.89 Å². The van der Waals surface area contributed by atoms with E-state index < -0.39 is 5.97 Å². The number of ether oxygens (including phenoxy) is 1. The first-order valence-electron chi connectivity index (χ1n) is 10.4. The molecule has 4 rings (SSSR count). The third-order valence-corrected chi connectivity index (χ3v) is 5.27. The minimum atomic E-state index is -0.778. The van der Waals surface area contributed by atoms with Crippen molar-refractivity contribution in [2.24, 2.45) is 10.7 Å². The van der Waals surface area contributed by atoms with Crippen molar-refractivity contribution in [1.82, 2.24) is 14.7 Å². The van der Waals surface area contributed by atoms with Gasteiger partial charge in [-0.1, -0.05) is 11.7 Å². The highest BCUT2D eigenvalue weighted by Crippen LogP contribution is 2.37. The summed E-state index contributed by atoms with van der Waals surface area (Å²) >= 11 is 0. The van der Waals surface area contributed by atoms with Gasteiger partial charge in [0.1, 0.15) is 5.70 Å². The number of hydrogen-bond acceptors (Lipinski definition) is 7. The van der Waals surface area contributed by atoms with Crippen molar-refractivity contribution in [3.8, 4) is 11.4 Å². The van der Waals surface area contributed by atoms with Gasteiger partial charge >= 0.3 is 5.97 Å². The molecule has 2 aromatic heterocycles. The summed E-state index contributed by atoms with van der Waals surface area (Å²) in [6, 6.07) is 7.93. The molecule has 3 aromatic rings. The van der Waals surface area contributed by atoms with Crippen LogP contribution < -0.4 is 5.73 Å². The van der Waals surface area contributed by atoms with Gasteiger partial charge in [0.05, 0.1) is 18.7 Å². The molecule has 0 radical (unpaired) electrons. The van der Waals surface area contributed by atoms with Crippen LogP contribution in [-0.4, -0.2) is 37.8 Å². The van der Waals surface area contributed by atoms with Crippen molar-refractivity contribution >= 4 is 28.5 Å². The third-order valence-electron chi connectivity index (χ3n) is 5.27. The number of fused-ring (bicyclic) bond motifs is 3. The average Bonchev–Trinajstić information content (AvgIpc) is 3.46. The molecule has 3 N–H and O–H groups in total. The minimum Gasteiger partial charge on any atom is -0.481 e. The summed E-state index contributed by atoms with van der Waals surface area (Å²) < 4.78 is 13.0. The molecule has 0 fully saturated rings. The number of benzene rings is 1. The summed E-state index contributed by atoms with van der Waals surface area (Å²) in [4.78, 5) is 19.7. The Morgan fingerprint density at radius 2 is 2.28 bits per heavy atom. The van der Waals surface area contributed by atoms with Gasteiger partial charge in [0.15, 0.2) is 0 Å². The smallest absolute Gasteiger partial charge is 0.304 e. The second-order valence-corrected chi connectivity index (χ2v) is 7.92. The molecule has 0 bridgehead atoms.